The van der Waals surface area contributed by atoms with Crippen LogP contribution in [0.15, 0.2) is 4.99 Å². The van der Waals surface area contributed by atoms with E-state index in [-0.39, 0.29) is 35.3 Å². The second-order valence-electron chi connectivity index (χ2n) is 9.60. The predicted molar refractivity (Wildman–Crippen MR) is 139 cm³/mol. The number of rotatable bonds is 8. The maximum absolute atomic E-state index is 12.8. The van der Waals surface area contributed by atoms with Crippen LogP contribution in [0.1, 0.15) is 51.9 Å². The fourth-order valence-corrected chi connectivity index (χ4v) is 4.98. The molecular formula is C23H43IN6O2. The number of guanidine groups is 1. The van der Waals surface area contributed by atoms with Crippen molar-refractivity contribution in [3.8, 4) is 0 Å². The molecule has 8 nitrogen and oxygen atoms in total. The number of carbonyl (C=O) groups excluding carboxylic acids is 2. The van der Waals surface area contributed by atoms with E-state index >= 15 is 0 Å². The second kappa shape index (κ2) is 13.0. The van der Waals surface area contributed by atoms with Gasteiger partial charge in [0.2, 0.25) is 11.8 Å². The van der Waals surface area contributed by atoms with Crippen molar-refractivity contribution in [3.05, 3.63) is 0 Å². The Morgan fingerprint density at radius 3 is 2.22 bits per heavy atom. The summed E-state index contributed by atoms with van der Waals surface area (Å²) in [7, 11) is 3.68. The number of halogens is 1. The fourth-order valence-electron chi connectivity index (χ4n) is 4.98. The van der Waals surface area contributed by atoms with E-state index in [0.29, 0.717) is 18.4 Å². The summed E-state index contributed by atoms with van der Waals surface area (Å²) in [5.74, 6) is 1.67. The molecule has 1 heterocycles. The van der Waals surface area contributed by atoms with Crippen molar-refractivity contribution in [1.82, 2.24) is 25.3 Å². The maximum atomic E-state index is 12.8. The standard InChI is InChI=1S/C23H42N6O2.HI/c1-4-24-22(26-18-23(10-5-6-11-23)21(31)27(2)3)25-12-13-28-14-16-29(17-15-28)20(30)19-8-7-9-19;/h19H,4-18H2,1-3H3,(H2,24,25,26);1H. The fraction of sp³-hybridized carbons (Fsp3) is 0.870. The van der Waals surface area contributed by atoms with Crippen LogP contribution in [0, 0.1) is 11.3 Å². The van der Waals surface area contributed by atoms with E-state index in [4.69, 9.17) is 4.99 Å². The number of carbonyl (C=O) groups is 2. The van der Waals surface area contributed by atoms with Gasteiger partial charge in [-0.3, -0.25) is 19.5 Å². The number of nitrogens with one attached hydrogen (secondary N) is 2. The van der Waals surface area contributed by atoms with Crippen molar-refractivity contribution >= 4 is 41.8 Å². The molecule has 0 aromatic rings. The van der Waals surface area contributed by atoms with Gasteiger partial charge in [-0.1, -0.05) is 19.3 Å². The summed E-state index contributed by atoms with van der Waals surface area (Å²) < 4.78 is 0. The summed E-state index contributed by atoms with van der Waals surface area (Å²) in [4.78, 5) is 36.2. The molecule has 184 valence electrons. The highest BCUT2D eigenvalue weighted by Gasteiger charge is 2.42. The summed E-state index contributed by atoms with van der Waals surface area (Å²) in [5.41, 5.74) is -0.338. The van der Waals surface area contributed by atoms with Crippen LogP contribution in [0.3, 0.4) is 0 Å². The van der Waals surface area contributed by atoms with Crippen LogP contribution in [0.25, 0.3) is 0 Å². The van der Waals surface area contributed by atoms with Crippen LogP contribution in [-0.4, -0.2) is 98.9 Å². The highest BCUT2D eigenvalue weighted by atomic mass is 127. The molecule has 0 radical (unpaired) electrons. The van der Waals surface area contributed by atoms with Crippen molar-refractivity contribution < 1.29 is 9.59 Å². The van der Waals surface area contributed by atoms with Gasteiger partial charge in [0.05, 0.1) is 12.0 Å². The Morgan fingerprint density at radius 2 is 1.69 bits per heavy atom. The number of nitrogens with zero attached hydrogens (tertiary/aromatic N) is 4. The van der Waals surface area contributed by atoms with E-state index in [0.717, 1.165) is 90.3 Å². The highest BCUT2D eigenvalue weighted by molar-refractivity contribution is 14.0. The van der Waals surface area contributed by atoms with Crippen molar-refractivity contribution in [1.29, 1.82) is 0 Å². The molecule has 1 saturated heterocycles. The lowest BCUT2D eigenvalue weighted by molar-refractivity contribution is -0.140. The minimum absolute atomic E-state index is 0. The van der Waals surface area contributed by atoms with Crippen LogP contribution < -0.4 is 10.6 Å². The number of hydrogen-bond acceptors (Lipinski definition) is 4. The first kappa shape index (κ1) is 27.1. The summed E-state index contributed by atoms with van der Waals surface area (Å²) in [6.07, 6.45) is 7.44. The Bertz CT molecular complexity index is 638. The zero-order valence-corrected chi connectivity index (χ0v) is 22.5. The molecule has 0 unspecified atom stereocenters. The lowest BCUT2D eigenvalue weighted by Gasteiger charge is -2.38. The second-order valence-corrected chi connectivity index (χ2v) is 9.60. The number of amides is 2. The first-order chi connectivity index (χ1) is 14.9. The first-order valence-electron chi connectivity index (χ1n) is 12.2. The Labute approximate surface area is 210 Å². The van der Waals surface area contributed by atoms with Crippen molar-refractivity contribution in [2.24, 2.45) is 16.3 Å². The van der Waals surface area contributed by atoms with E-state index in [1.807, 2.05) is 14.1 Å². The zero-order chi connectivity index (χ0) is 22.3. The normalized spacial score (nSPS) is 21.5. The maximum Gasteiger partial charge on any atom is 0.230 e. The summed E-state index contributed by atoms with van der Waals surface area (Å²) in [6, 6.07) is 0. The predicted octanol–water partition coefficient (Wildman–Crippen LogP) is 1.75. The molecule has 2 N–H and O–H groups in total. The molecule has 32 heavy (non-hydrogen) atoms. The monoisotopic (exact) mass is 562 g/mol. The molecule has 0 bridgehead atoms. The van der Waals surface area contributed by atoms with Gasteiger partial charge in [0.25, 0.3) is 0 Å². The molecule has 0 atom stereocenters. The Hall–Kier alpha value is -1.10. The minimum atomic E-state index is -0.338. The smallest absolute Gasteiger partial charge is 0.230 e. The van der Waals surface area contributed by atoms with Crippen molar-refractivity contribution in [3.63, 3.8) is 0 Å². The van der Waals surface area contributed by atoms with Crippen LogP contribution in [-0.2, 0) is 9.59 Å². The minimum Gasteiger partial charge on any atom is -0.357 e. The topological polar surface area (TPSA) is 80.3 Å². The third-order valence-corrected chi connectivity index (χ3v) is 7.16. The number of hydrogen-bond donors (Lipinski definition) is 2. The molecule has 1 aliphatic heterocycles. The largest absolute Gasteiger partial charge is 0.357 e. The van der Waals surface area contributed by atoms with Gasteiger partial charge in [0.1, 0.15) is 0 Å². The summed E-state index contributed by atoms with van der Waals surface area (Å²) >= 11 is 0. The molecule has 2 aliphatic carbocycles. The average molecular weight is 563 g/mol. The Morgan fingerprint density at radius 1 is 1.03 bits per heavy atom. The van der Waals surface area contributed by atoms with E-state index in [9.17, 15) is 9.59 Å². The molecule has 3 rings (SSSR count). The molecular weight excluding hydrogens is 519 g/mol. The van der Waals surface area contributed by atoms with Gasteiger partial charge in [-0.05, 0) is 32.6 Å². The molecule has 9 heteroatoms. The van der Waals surface area contributed by atoms with Crippen LogP contribution in [0.4, 0.5) is 0 Å². The third kappa shape index (κ3) is 6.95. The average Bonchev–Trinajstić information content (AvgIpc) is 3.20. The lowest BCUT2D eigenvalue weighted by atomic mass is 9.84. The zero-order valence-electron chi connectivity index (χ0n) is 20.2. The van der Waals surface area contributed by atoms with Gasteiger partial charge in [-0.25, -0.2) is 0 Å². The quantitative estimate of drug-likeness (QED) is 0.268. The van der Waals surface area contributed by atoms with Crippen LogP contribution >= 0.6 is 24.0 Å². The van der Waals surface area contributed by atoms with Crippen molar-refractivity contribution in [2.45, 2.75) is 51.9 Å². The Kier molecular flexibility index (Phi) is 11.0. The van der Waals surface area contributed by atoms with E-state index in [2.05, 4.69) is 27.4 Å². The molecule has 3 fully saturated rings. The van der Waals surface area contributed by atoms with Gasteiger partial charge in [0.15, 0.2) is 5.96 Å². The SMILES string of the molecule is CCNC(=NCC1(C(=O)N(C)C)CCCC1)NCCN1CCN(C(=O)C2CCC2)CC1.I. The van der Waals surface area contributed by atoms with Crippen LogP contribution in [0.5, 0.6) is 0 Å². The summed E-state index contributed by atoms with van der Waals surface area (Å²) in [5, 5.41) is 6.76. The first-order valence-corrected chi connectivity index (χ1v) is 12.2. The van der Waals surface area contributed by atoms with Crippen molar-refractivity contribution in [2.75, 3.05) is 66.5 Å². The van der Waals surface area contributed by atoms with Crippen LogP contribution in [0.2, 0.25) is 0 Å². The van der Waals surface area contributed by atoms with E-state index < -0.39 is 0 Å². The van der Waals surface area contributed by atoms with Gasteiger partial charge < -0.3 is 20.4 Å². The van der Waals surface area contributed by atoms with E-state index in [1.165, 1.54) is 6.42 Å². The van der Waals surface area contributed by atoms with Gasteiger partial charge in [-0.2, -0.15) is 0 Å². The molecule has 0 aromatic heterocycles. The molecule has 2 amide bonds. The molecule has 3 aliphatic rings. The van der Waals surface area contributed by atoms with E-state index in [1.54, 1.807) is 4.90 Å². The molecule has 0 aromatic carbocycles. The Balaban J connectivity index is 0.00000363. The highest BCUT2D eigenvalue weighted by Crippen LogP contribution is 2.39. The molecule has 2 saturated carbocycles. The third-order valence-electron chi connectivity index (χ3n) is 7.16. The number of piperazine rings is 1. The van der Waals surface area contributed by atoms with Gasteiger partial charge >= 0.3 is 0 Å². The lowest BCUT2D eigenvalue weighted by Crippen LogP contribution is -2.52. The molecule has 0 spiro atoms. The number of aliphatic imine (C=N–C) groups is 1. The van der Waals surface area contributed by atoms with Gasteiger partial charge in [-0.15, -0.1) is 24.0 Å². The van der Waals surface area contributed by atoms with Gasteiger partial charge in [0, 0.05) is 65.8 Å². The summed E-state index contributed by atoms with van der Waals surface area (Å²) in [6.45, 7) is 8.70.